The number of carboxylic acids is 1. The summed E-state index contributed by atoms with van der Waals surface area (Å²) in [5.74, 6) is -3.10. The van der Waals surface area contributed by atoms with Crippen LogP contribution >= 0.6 is 0 Å². The average molecular weight is 269 g/mol. The van der Waals surface area contributed by atoms with E-state index in [1.807, 2.05) is 0 Å². The van der Waals surface area contributed by atoms with Crippen molar-refractivity contribution in [2.45, 2.75) is 44.2 Å². The Morgan fingerprint density at radius 3 is 2.47 bits per heavy atom. The summed E-state index contributed by atoms with van der Waals surface area (Å²) in [5, 5.41) is 12.5. The molecule has 0 amide bonds. The van der Waals surface area contributed by atoms with E-state index in [9.17, 15) is 18.7 Å². The fraction of sp³-hybridized carbons (Fsp3) is 0.500. The quantitative estimate of drug-likeness (QED) is 0.883. The lowest BCUT2D eigenvalue weighted by Crippen LogP contribution is -2.50. The van der Waals surface area contributed by atoms with Crippen molar-refractivity contribution in [3.05, 3.63) is 35.4 Å². The first-order valence-corrected chi connectivity index (χ1v) is 6.40. The van der Waals surface area contributed by atoms with Crippen molar-refractivity contribution in [1.29, 1.82) is 0 Å². The Bertz CT molecular complexity index is 486. The first-order chi connectivity index (χ1) is 8.93. The van der Waals surface area contributed by atoms with Crippen molar-refractivity contribution in [2.24, 2.45) is 0 Å². The normalized spacial score (nSPS) is 19.3. The van der Waals surface area contributed by atoms with Crippen LogP contribution in [0.3, 0.4) is 0 Å². The number of hydrogen-bond donors (Lipinski definition) is 2. The molecule has 1 atom stereocenters. The van der Waals surface area contributed by atoms with E-state index in [1.165, 1.54) is 13.0 Å². The maximum Gasteiger partial charge on any atom is 0.328 e. The Hall–Kier alpha value is -1.49. The lowest BCUT2D eigenvalue weighted by molar-refractivity contribution is -0.145. The molecule has 2 N–H and O–H groups in total. The zero-order valence-corrected chi connectivity index (χ0v) is 10.7. The van der Waals surface area contributed by atoms with E-state index in [-0.39, 0.29) is 11.6 Å². The fourth-order valence-corrected chi connectivity index (χ4v) is 2.55. The topological polar surface area (TPSA) is 49.3 Å². The van der Waals surface area contributed by atoms with Crippen LogP contribution < -0.4 is 5.32 Å². The lowest BCUT2D eigenvalue weighted by Gasteiger charge is -2.30. The van der Waals surface area contributed by atoms with Crippen molar-refractivity contribution in [3.8, 4) is 0 Å². The molecule has 2 rings (SSSR count). The number of rotatable bonds is 4. The fourth-order valence-electron chi connectivity index (χ4n) is 2.55. The van der Waals surface area contributed by atoms with Gasteiger partial charge in [0.2, 0.25) is 0 Å². The van der Waals surface area contributed by atoms with E-state index in [2.05, 4.69) is 5.32 Å². The third-order valence-corrected chi connectivity index (χ3v) is 3.77. The second kappa shape index (κ2) is 5.25. The number of halogens is 2. The van der Waals surface area contributed by atoms with Crippen LogP contribution in [0.4, 0.5) is 8.78 Å². The SMILES string of the molecule is CC(NC1CCCC1)(C(=O)O)c1ccc(F)c(F)c1. The number of benzene rings is 1. The molecule has 0 radical (unpaired) electrons. The predicted molar refractivity (Wildman–Crippen MR) is 66.7 cm³/mol. The van der Waals surface area contributed by atoms with Gasteiger partial charge in [0.15, 0.2) is 11.6 Å². The zero-order valence-electron chi connectivity index (χ0n) is 10.7. The summed E-state index contributed by atoms with van der Waals surface area (Å²) in [6.07, 6.45) is 3.94. The summed E-state index contributed by atoms with van der Waals surface area (Å²) < 4.78 is 26.2. The van der Waals surface area contributed by atoms with Crippen molar-refractivity contribution in [1.82, 2.24) is 5.32 Å². The maximum atomic E-state index is 13.3. The molecule has 104 valence electrons. The van der Waals surface area contributed by atoms with Gasteiger partial charge < -0.3 is 5.11 Å². The van der Waals surface area contributed by atoms with Gasteiger partial charge in [0, 0.05) is 6.04 Å². The minimum Gasteiger partial charge on any atom is -0.480 e. The van der Waals surface area contributed by atoms with Crippen LogP contribution in [-0.4, -0.2) is 17.1 Å². The lowest BCUT2D eigenvalue weighted by atomic mass is 9.90. The van der Waals surface area contributed by atoms with Gasteiger partial charge in [0.05, 0.1) is 0 Å². The maximum absolute atomic E-state index is 13.3. The highest BCUT2D eigenvalue weighted by molar-refractivity contribution is 5.80. The molecule has 1 aromatic carbocycles. The van der Waals surface area contributed by atoms with Gasteiger partial charge in [0.25, 0.3) is 0 Å². The average Bonchev–Trinajstić information content (AvgIpc) is 2.85. The first-order valence-electron chi connectivity index (χ1n) is 6.40. The molecule has 1 aromatic rings. The van der Waals surface area contributed by atoms with Crippen molar-refractivity contribution in [3.63, 3.8) is 0 Å². The van der Waals surface area contributed by atoms with E-state index < -0.39 is 23.1 Å². The zero-order chi connectivity index (χ0) is 14.0. The highest BCUT2D eigenvalue weighted by Crippen LogP contribution is 2.27. The van der Waals surface area contributed by atoms with Gasteiger partial charge in [0.1, 0.15) is 5.54 Å². The molecule has 1 unspecified atom stereocenters. The molecule has 3 nitrogen and oxygen atoms in total. The molecule has 1 saturated carbocycles. The summed E-state index contributed by atoms with van der Waals surface area (Å²) >= 11 is 0. The number of carboxylic acid groups (broad SMARTS) is 1. The van der Waals surface area contributed by atoms with Gasteiger partial charge in [-0.05, 0) is 37.5 Å². The molecule has 5 heteroatoms. The van der Waals surface area contributed by atoms with E-state index in [4.69, 9.17) is 0 Å². The smallest absolute Gasteiger partial charge is 0.328 e. The molecule has 19 heavy (non-hydrogen) atoms. The molecule has 0 spiro atoms. The van der Waals surface area contributed by atoms with Crippen molar-refractivity contribution in [2.75, 3.05) is 0 Å². The van der Waals surface area contributed by atoms with Crippen LogP contribution in [-0.2, 0) is 10.3 Å². The van der Waals surface area contributed by atoms with Gasteiger partial charge in [-0.2, -0.15) is 0 Å². The van der Waals surface area contributed by atoms with Crippen molar-refractivity contribution < 1.29 is 18.7 Å². The number of aliphatic carboxylic acids is 1. The molecule has 0 saturated heterocycles. The standard InChI is InChI=1S/C14H17F2NO2/c1-14(13(18)19,17-10-4-2-3-5-10)9-6-7-11(15)12(16)8-9/h6-8,10,17H,2-5H2,1H3,(H,18,19). The van der Waals surface area contributed by atoms with Crippen molar-refractivity contribution >= 4 is 5.97 Å². The third kappa shape index (κ3) is 2.76. The van der Waals surface area contributed by atoms with Gasteiger partial charge in [-0.15, -0.1) is 0 Å². The Morgan fingerprint density at radius 1 is 1.32 bits per heavy atom. The first kappa shape index (κ1) is 13.9. The van der Waals surface area contributed by atoms with Gasteiger partial charge in [-0.1, -0.05) is 18.9 Å². The molecule has 1 aliphatic carbocycles. The highest BCUT2D eigenvalue weighted by Gasteiger charge is 2.38. The van der Waals surface area contributed by atoms with E-state index >= 15 is 0 Å². The molecule has 0 bridgehead atoms. The van der Waals surface area contributed by atoms with Crippen LogP contribution in [0.5, 0.6) is 0 Å². The molecular formula is C14H17F2NO2. The Morgan fingerprint density at radius 2 is 1.95 bits per heavy atom. The monoisotopic (exact) mass is 269 g/mol. The summed E-state index contributed by atoms with van der Waals surface area (Å²) in [4.78, 5) is 11.5. The number of hydrogen-bond acceptors (Lipinski definition) is 2. The number of carbonyl (C=O) groups is 1. The number of nitrogens with one attached hydrogen (secondary N) is 1. The van der Waals surface area contributed by atoms with Gasteiger partial charge >= 0.3 is 5.97 Å². The molecule has 1 aliphatic rings. The van der Waals surface area contributed by atoms with E-state index in [0.717, 1.165) is 37.8 Å². The van der Waals surface area contributed by atoms with E-state index in [1.54, 1.807) is 0 Å². The van der Waals surface area contributed by atoms with Crippen LogP contribution in [0, 0.1) is 11.6 Å². The summed E-state index contributed by atoms with van der Waals surface area (Å²) in [6, 6.07) is 3.33. The Labute approximate surface area is 110 Å². The van der Waals surface area contributed by atoms with Crippen LogP contribution in [0.25, 0.3) is 0 Å². The second-order valence-corrected chi connectivity index (χ2v) is 5.18. The van der Waals surface area contributed by atoms with Gasteiger partial charge in [-0.25, -0.2) is 13.6 Å². The largest absolute Gasteiger partial charge is 0.480 e. The highest BCUT2D eigenvalue weighted by atomic mass is 19.2. The molecule has 0 heterocycles. The summed E-state index contributed by atoms with van der Waals surface area (Å²) in [5.41, 5.74) is -1.17. The summed E-state index contributed by atoms with van der Waals surface area (Å²) in [6.45, 7) is 1.49. The predicted octanol–water partition coefficient (Wildman–Crippen LogP) is 2.80. The molecule has 0 aromatic heterocycles. The molecule has 1 fully saturated rings. The Balaban J connectivity index is 2.31. The third-order valence-electron chi connectivity index (χ3n) is 3.77. The minimum absolute atomic E-state index is 0.106. The molecular weight excluding hydrogens is 252 g/mol. The van der Waals surface area contributed by atoms with Gasteiger partial charge in [-0.3, -0.25) is 5.32 Å². The second-order valence-electron chi connectivity index (χ2n) is 5.18. The van der Waals surface area contributed by atoms with Crippen LogP contribution in [0.1, 0.15) is 38.2 Å². The minimum atomic E-state index is -1.40. The summed E-state index contributed by atoms with van der Waals surface area (Å²) in [7, 11) is 0. The Kier molecular flexibility index (Phi) is 3.85. The van der Waals surface area contributed by atoms with Crippen LogP contribution in [0.15, 0.2) is 18.2 Å². The van der Waals surface area contributed by atoms with Crippen LogP contribution in [0.2, 0.25) is 0 Å². The van der Waals surface area contributed by atoms with E-state index in [0.29, 0.717) is 0 Å². The molecule has 0 aliphatic heterocycles.